The SMILES string of the molecule is N#Cc1cc(Sc2nc3cc(N)ccc3o2)ccn1. The third-order valence-corrected chi connectivity index (χ3v) is 3.28. The Bertz CT molecular complexity index is 791. The van der Waals surface area contributed by atoms with Crippen LogP contribution in [-0.4, -0.2) is 9.97 Å². The van der Waals surface area contributed by atoms with E-state index in [0.29, 0.717) is 22.2 Å². The van der Waals surface area contributed by atoms with E-state index in [9.17, 15) is 0 Å². The van der Waals surface area contributed by atoms with Gasteiger partial charge in [-0.2, -0.15) is 5.26 Å². The van der Waals surface area contributed by atoms with Crippen molar-refractivity contribution in [3.63, 3.8) is 0 Å². The molecule has 0 bridgehead atoms. The first-order chi connectivity index (χ1) is 9.24. The van der Waals surface area contributed by atoms with Gasteiger partial charge in [-0.25, -0.2) is 9.97 Å². The maximum absolute atomic E-state index is 8.80. The van der Waals surface area contributed by atoms with Gasteiger partial charge in [-0.3, -0.25) is 0 Å². The number of rotatable bonds is 2. The first kappa shape index (κ1) is 11.6. The molecule has 2 heterocycles. The molecular weight excluding hydrogens is 260 g/mol. The molecule has 0 radical (unpaired) electrons. The monoisotopic (exact) mass is 268 g/mol. The van der Waals surface area contributed by atoms with Crippen molar-refractivity contribution in [2.24, 2.45) is 0 Å². The van der Waals surface area contributed by atoms with E-state index in [4.69, 9.17) is 15.4 Å². The summed E-state index contributed by atoms with van der Waals surface area (Å²) in [7, 11) is 0. The number of nitrogens with zero attached hydrogens (tertiary/aromatic N) is 3. The Morgan fingerprint density at radius 2 is 2.16 bits per heavy atom. The molecule has 0 aliphatic heterocycles. The Morgan fingerprint density at radius 1 is 1.26 bits per heavy atom. The lowest BCUT2D eigenvalue weighted by Crippen LogP contribution is -1.82. The zero-order chi connectivity index (χ0) is 13.2. The highest BCUT2D eigenvalue weighted by Gasteiger charge is 2.08. The zero-order valence-corrected chi connectivity index (χ0v) is 10.5. The van der Waals surface area contributed by atoms with Gasteiger partial charge in [0, 0.05) is 16.8 Å². The molecular formula is C13H8N4OS. The summed E-state index contributed by atoms with van der Waals surface area (Å²) in [5, 5.41) is 9.31. The summed E-state index contributed by atoms with van der Waals surface area (Å²) >= 11 is 1.34. The minimum absolute atomic E-state index is 0.366. The molecule has 0 fully saturated rings. The van der Waals surface area contributed by atoms with Crippen molar-refractivity contribution < 1.29 is 4.42 Å². The van der Waals surface area contributed by atoms with Gasteiger partial charge in [0.05, 0.1) is 0 Å². The Hall–Kier alpha value is -2.52. The maximum Gasteiger partial charge on any atom is 0.261 e. The van der Waals surface area contributed by atoms with Crippen molar-refractivity contribution in [1.29, 1.82) is 5.26 Å². The molecule has 2 aromatic heterocycles. The summed E-state index contributed by atoms with van der Waals surface area (Å²) in [5.41, 5.74) is 8.11. The van der Waals surface area contributed by atoms with Crippen molar-refractivity contribution in [3.8, 4) is 6.07 Å². The maximum atomic E-state index is 8.80. The Balaban J connectivity index is 1.94. The fourth-order valence-corrected chi connectivity index (χ4v) is 2.38. The number of aromatic nitrogens is 2. The topological polar surface area (TPSA) is 88.7 Å². The van der Waals surface area contributed by atoms with Crippen molar-refractivity contribution in [3.05, 3.63) is 42.2 Å². The molecule has 19 heavy (non-hydrogen) atoms. The summed E-state index contributed by atoms with van der Waals surface area (Å²) in [4.78, 5) is 9.10. The summed E-state index contributed by atoms with van der Waals surface area (Å²) < 4.78 is 5.59. The lowest BCUT2D eigenvalue weighted by Gasteiger charge is -1.95. The van der Waals surface area contributed by atoms with E-state index in [1.165, 1.54) is 11.8 Å². The normalized spacial score (nSPS) is 10.5. The van der Waals surface area contributed by atoms with Crippen LogP contribution in [0.2, 0.25) is 0 Å². The lowest BCUT2D eigenvalue weighted by molar-refractivity contribution is 0.489. The second kappa shape index (κ2) is 4.63. The molecule has 0 amide bonds. The number of anilines is 1. The molecule has 0 aliphatic carbocycles. The summed E-state index contributed by atoms with van der Waals surface area (Å²) in [6, 6.07) is 10.8. The van der Waals surface area contributed by atoms with Crippen LogP contribution >= 0.6 is 11.8 Å². The first-order valence-electron chi connectivity index (χ1n) is 5.45. The quantitative estimate of drug-likeness (QED) is 0.719. The van der Waals surface area contributed by atoms with Crippen LogP contribution in [0.1, 0.15) is 5.69 Å². The van der Waals surface area contributed by atoms with E-state index in [1.807, 2.05) is 6.07 Å². The molecule has 6 heteroatoms. The van der Waals surface area contributed by atoms with Crippen LogP contribution in [0.5, 0.6) is 0 Å². The van der Waals surface area contributed by atoms with Gasteiger partial charge in [0.2, 0.25) is 0 Å². The van der Waals surface area contributed by atoms with Crippen LogP contribution in [0.3, 0.4) is 0 Å². The van der Waals surface area contributed by atoms with Gasteiger partial charge in [0.25, 0.3) is 5.22 Å². The number of nitrogen functional groups attached to an aromatic ring is 1. The van der Waals surface area contributed by atoms with Crippen LogP contribution in [-0.2, 0) is 0 Å². The average Bonchev–Trinajstić information content (AvgIpc) is 2.80. The van der Waals surface area contributed by atoms with Crippen LogP contribution in [0.25, 0.3) is 11.1 Å². The molecule has 0 saturated heterocycles. The van der Waals surface area contributed by atoms with Gasteiger partial charge < -0.3 is 10.2 Å². The highest BCUT2D eigenvalue weighted by molar-refractivity contribution is 7.99. The van der Waals surface area contributed by atoms with E-state index in [0.717, 1.165) is 10.4 Å². The lowest BCUT2D eigenvalue weighted by atomic mass is 10.3. The average molecular weight is 268 g/mol. The fourth-order valence-electron chi connectivity index (χ4n) is 1.60. The van der Waals surface area contributed by atoms with Crippen molar-refractivity contribution in [2.45, 2.75) is 10.1 Å². The third kappa shape index (κ3) is 2.37. The van der Waals surface area contributed by atoms with E-state index in [2.05, 4.69) is 9.97 Å². The van der Waals surface area contributed by atoms with Gasteiger partial charge in [-0.15, -0.1) is 0 Å². The number of hydrogen-bond donors (Lipinski definition) is 1. The van der Waals surface area contributed by atoms with Gasteiger partial charge >= 0.3 is 0 Å². The Morgan fingerprint density at radius 3 is 3.00 bits per heavy atom. The largest absolute Gasteiger partial charge is 0.431 e. The van der Waals surface area contributed by atoms with E-state index in [1.54, 1.807) is 36.5 Å². The molecule has 5 nitrogen and oxygen atoms in total. The van der Waals surface area contributed by atoms with Gasteiger partial charge in [0.15, 0.2) is 5.58 Å². The fraction of sp³-hybridized carbons (Fsp3) is 0. The molecule has 2 N–H and O–H groups in total. The Kier molecular flexibility index (Phi) is 2.82. The second-order valence-electron chi connectivity index (χ2n) is 3.80. The molecule has 0 atom stereocenters. The number of benzene rings is 1. The second-order valence-corrected chi connectivity index (χ2v) is 4.82. The molecule has 0 spiro atoms. The zero-order valence-electron chi connectivity index (χ0n) is 9.70. The van der Waals surface area contributed by atoms with Crippen LogP contribution in [0, 0.1) is 11.3 Å². The number of nitriles is 1. The number of nitrogens with two attached hydrogens (primary N) is 1. The molecule has 92 valence electrons. The highest BCUT2D eigenvalue weighted by Crippen LogP contribution is 2.30. The smallest absolute Gasteiger partial charge is 0.261 e. The number of oxazole rings is 1. The van der Waals surface area contributed by atoms with Gasteiger partial charge in [-0.1, -0.05) is 0 Å². The van der Waals surface area contributed by atoms with Crippen LogP contribution in [0.15, 0.2) is 51.1 Å². The summed E-state index contributed by atoms with van der Waals surface area (Å²) in [6.07, 6.45) is 1.58. The molecule has 0 unspecified atom stereocenters. The predicted molar refractivity (Wildman–Crippen MR) is 71.5 cm³/mol. The number of fused-ring (bicyclic) bond motifs is 1. The molecule has 0 aliphatic rings. The predicted octanol–water partition coefficient (Wildman–Crippen LogP) is 2.83. The van der Waals surface area contributed by atoms with Crippen molar-refractivity contribution >= 4 is 28.5 Å². The highest BCUT2D eigenvalue weighted by atomic mass is 32.2. The van der Waals surface area contributed by atoms with Crippen molar-refractivity contribution in [2.75, 3.05) is 5.73 Å². The summed E-state index contributed by atoms with van der Waals surface area (Å²) in [5.74, 6) is 0. The minimum atomic E-state index is 0.366. The first-order valence-corrected chi connectivity index (χ1v) is 6.26. The summed E-state index contributed by atoms with van der Waals surface area (Å²) in [6.45, 7) is 0. The van der Waals surface area contributed by atoms with E-state index in [-0.39, 0.29) is 0 Å². The molecule has 1 aromatic carbocycles. The molecule has 3 aromatic rings. The standard InChI is InChI=1S/C13H8N4OS/c14-7-9-6-10(3-4-16-9)19-13-17-11-5-8(15)1-2-12(11)18-13/h1-6H,15H2. The minimum Gasteiger partial charge on any atom is -0.431 e. The van der Waals surface area contributed by atoms with E-state index < -0.39 is 0 Å². The van der Waals surface area contributed by atoms with Crippen molar-refractivity contribution in [1.82, 2.24) is 9.97 Å². The molecule has 0 saturated carbocycles. The number of pyridine rings is 1. The van der Waals surface area contributed by atoms with Crippen LogP contribution in [0.4, 0.5) is 5.69 Å². The molecule has 3 rings (SSSR count). The van der Waals surface area contributed by atoms with E-state index >= 15 is 0 Å². The third-order valence-electron chi connectivity index (χ3n) is 2.44. The van der Waals surface area contributed by atoms with Gasteiger partial charge in [-0.05, 0) is 42.1 Å². The Labute approximate surface area is 113 Å². The van der Waals surface area contributed by atoms with Crippen LogP contribution < -0.4 is 5.73 Å². The van der Waals surface area contributed by atoms with Gasteiger partial charge in [0.1, 0.15) is 17.3 Å². The number of hydrogen-bond acceptors (Lipinski definition) is 6.